The molecule has 1 aromatic carbocycles. The summed E-state index contributed by atoms with van der Waals surface area (Å²) in [4.78, 5) is 10.3. The molecule has 0 atom stereocenters. The predicted molar refractivity (Wildman–Crippen MR) is 51.7 cm³/mol. The highest BCUT2D eigenvalue weighted by Crippen LogP contribution is 2.24. The van der Waals surface area contributed by atoms with Gasteiger partial charge in [-0.15, -0.1) is 0 Å². The number of aliphatic carboxylic acids is 1. The number of carboxylic acids is 1. The van der Waals surface area contributed by atoms with Gasteiger partial charge in [0.05, 0.1) is 0 Å². The van der Waals surface area contributed by atoms with E-state index in [2.05, 4.69) is 0 Å². The van der Waals surface area contributed by atoms with Gasteiger partial charge in [-0.25, -0.2) is 4.79 Å². The average molecular weight is 190 g/mol. The molecule has 72 valence electrons. The molecular weight excluding hydrogens is 180 g/mol. The van der Waals surface area contributed by atoms with Crippen molar-refractivity contribution in [1.82, 2.24) is 0 Å². The van der Waals surface area contributed by atoms with E-state index in [9.17, 15) is 4.79 Å². The van der Waals surface area contributed by atoms with Crippen LogP contribution < -0.4 is 0 Å². The maximum Gasteiger partial charge on any atom is 0.341 e. The maximum absolute atomic E-state index is 10.3. The number of rotatable bonds is 3. The van der Waals surface area contributed by atoms with E-state index < -0.39 is 5.97 Å². The van der Waals surface area contributed by atoms with Gasteiger partial charge >= 0.3 is 5.97 Å². The molecule has 14 heavy (non-hydrogen) atoms. The van der Waals surface area contributed by atoms with E-state index in [1.54, 1.807) is 0 Å². The molecule has 0 aromatic heterocycles. The highest BCUT2D eigenvalue weighted by atomic mass is 16.5. The topological polar surface area (TPSA) is 46.5 Å². The van der Waals surface area contributed by atoms with Crippen molar-refractivity contribution in [2.24, 2.45) is 0 Å². The van der Waals surface area contributed by atoms with Crippen LogP contribution in [0.3, 0.4) is 0 Å². The SMILES string of the molecule is O=C(O)COC1=Cc2ccccc2C1. The highest BCUT2D eigenvalue weighted by Gasteiger charge is 2.13. The van der Waals surface area contributed by atoms with Crippen LogP contribution in [-0.4, -0.2) is 17.7 Å². The van der Waals surface area contributed by atoms with Crippen molar-refractivity contribution >= 4 is 12.0 Å². The third kappa shape index (κ3) is 1.76. The molecule has 0 bridgehead atoms. The molecule has 1 aromatic rings. The van der Waals surface area contributed by atoms with Gasteiger partial charge in [-0.1, -0.05) is 24.3 Å². The van der Waals surface area contributed by atoms with Gasteiger partial charge in [0, 0.05) is 6.42 Å². The van der Waals surface area contributed by atoms with Crippen LogP contribution in [0.25, 0.3) is 6.08 Å². The summed E-state index contributed by atoms with van der Waals surface area (Å²) in [6.45, 7) is -0.264. The number of carbonyl (C=O) groups is 1. The maximum atomic E-state index is 10.3. The number of hydrogen-bond acceptors (Lipinski definition) is 2. The predicted octanol–water partition coefficient (Wildman–Crippen LogP) is 1.68. The first-order chi connectivity index (χ1) is 6.75. The Morgan fingerprint density at radius 3 is 2.93 bits per heavy atom. The Bertz CT molecular complexity index is 393. The van der Waals surface area contributed by atoms with E-state index >= 15 is 0 Å². The summed E-state index contributed by atoms with van der Waals surface area (Å²) in [5, 5.41) is 8.44. The molecule has 0 unspecified atom stereocenters. The fraction of sp³-hybridized carbons (Fsp3) is 0.182. The van der Waals surface area contributed by atoms with Crippen molar-refractivity contribution < 1.29 is 14.6 Å². The molecule has 0 amide bonds. The van der Waals surface area contributed by atoms with Crippen LogP contribution in [0.4, 0.5) is 0 Å². The van der Waals surface area contributed by atoms with Crippen molar-refractivity contribution in [3.63, 3.8) is 0 Å². The Labute approximate surface area is 81.6 Å². The van der Waals surface area contributed by atoms with Crippen LogP contribution in [0.1, 0.15) is 11.1 Å². The summed E-state index contributed by atoms with van der Waals surface area (Å²) in [7, 11) is 0. The third-order valence-corrected chi connectivity index (χ3v) is 2.12. The summed E-state index contributed by atoms with van der Waals surface area (Å²) in [6, 6.07) is 7.93. The van der Waals surface area contributed by atoms with Crippen LogP contribution in [0.5, 0.6) is 0 Å². The van der Waals surface area contributed by atoms with Gasteiger partial charge in [-0.2, -0.15) is 0 Å². The molecule has 0 aliphatic heterocycles. The molecule has 0 heterocycles. The highest BCUT2D eigenvalue weighted by molar-refractivity contribution is 5.69. The largest absolute Gasteiger partial charge is 0.486 e. The van der Waals surface area contributed by atoms with Crippen molar-refractivity contribution in [1.29, 1.82) is 0 Å². The summed E-state index contributed by atoms with van der Waals surface area (Å²) in [5.74, 6) is -0.213. The van der Waals surface area contributed by atoms with Crippen LogP contribution >= 0.6 is 0 Å². The van der Waals surface area contributed by atoms with Gasteiger partial charge in [0.15, 0.2) is 6.61 Å². The Hall–Kier alpha value is -1.77. The lowest BCUT2D eigenvalue weighted by molar-refractivity contribution is -0.140. The Balaban J connectivity index is 2.05. The standard InChI is InChI=1S/C11H10O3/c12-11(13)7-14-10-5-8-3-1-2-4-9(8)6-10/h1-5H,6-7H2,(H,12,13). The second kappa shape index (κ2) is 3.54. The Morgan fingerprint density at radius 2 is 2.21 bits per heavy atom. The van der Waals surface area contributed by atoms with Gasteiger partial charge in [-0.3, -0.25) is 0 Å². The lowest BCUT2D eigenvalue weighted by atomic mass is 10.1. The Kier molecular flexibility index (Phi) is 2.23. The molecule has 2 rings (SSSR count). The van der Waals surface area contributed by atoms with Crippen molar-refractivity contribution in [3.8, 4) is 0 Å². The zero-order valence-electron chi connectivity index (χ0n) is 7.56. The molecule has 1 N–H and O–H groups in total. The lowest BCUT2D eigenvalue weighted by Gasteiger charge is -2.02. The zero-order chi connectivity index (χ0) is 9.97. The first kappa shape index (κ1) is 8.81. The fourth-order valence-electron chi connectivity index (χ4n) is 1.50. The lowest BCUT2D eigenvalue weighted by Crippen LogP contribution is -2.06. The van der Waals surface area contributed by atoms with Gasteiger partial charge < -0.3 is 9.84 Å². The van der Waals surface area contributed by atoms with E-state index in [4.69, 9.17) is 9.84 Å². The van der Waals surface area contributed by atoms with E-state index in [-0.39, 0.29) is 6.61 Å². The van der Waals surface area contributed by atoms with E-state index in [0.717, 1.165) is 11.3 Å². The number of benzene rings is 1. The summed E-state index contributed by atoms with van der Waals surface area (Å²) < 4.78 is 5.11. The first-order valence-corrected chi connectivity index (χ1v) is 4.39. The minimum Gasteiger partial charge on any atom is -0.486 e. The second-order valence-electron chi connectivity index (χ2n) is 3.17. The molecule has 1 aliphatic rings. The molecule has 0 radical (unpaired) electrons. The summed E-state index contributed by atoms with van der Waals surface area (Å²) in [5.41, 5.74) is 2.31. The molecule has 1 aliphatic carbocycles. The van der Waals surface area contributed by atoms with E-state index in [1.807, 2.05) is 30.3 Å². The van der Waals surface area contributed by atoms with Gasteiger partial charge in [0.2, 0.25) is 0 Å². The Morgan fingerprint density at radius 1 is 1.43 bits per heavy atom. The fourth-order valence-corrected chi connectivity index (χ4v) is 1.50. The monoisotopic (exact) mass is 190 g/mol. The van der Waals surface area contributed by atoms with Gasteiger partial charge in [-0.05, 0) is 17.2 Å². The van der Waals surface area contributed by atoms with Crippen LogP contribution in [0, 0.1) is 0 Å². The van der Waals surface area contributed by atoms with Crippen molar-refractivity contribution in [3.05, 3.63) is 41.2 Å². The van der Waals surface area contributed by atoms with Crippen LogP contribution in [-0.2, 0) is 16.0 Å². The molecular formula is C11H10O3. The molecule has 0 spiro atoms. The number of hydrogen-bond donors (Lipinski definition) is 1. The van der Waals surface area contributed by atoms with Crippen LogP contribution in [0.15, 0.2) is 30.0 Å². The van der Waals surface area contributed by atoms with Gasteiger partial charge in [0.1, 0.15) is 5.76 Å². The third-order valence-electron chi connectivity index (χ3n) is 2.12. The normalized spacial score (nSPS) is 13.3. The smallest absolute Gasteiger partial charge is 0.341 e. The summed E-state index contributed by atoms with van der Waals surface area (Å²) in [6.07, 6.45) is 2.59. The second-order valence-corrected chi connectivity index (χ2v) is 3.17. The molecule has 0 saturated heterocycles. The average Bonchev–Trinajstić information content (AvgIpc) is 2.57. The minimum atomic E-state index is -0.943. The van der Waals surface area contributed by atoms with Gasteiger partial charge in [0.25, 0.3) is 0 Å². The number of ether oxygens (including phenoxy) is 1. The molecule has 3 nitrogen and oxygen atoms in total. The van der Waals surface area contributed by atoms with E-state index in [0.29, 0.717) is 6.42 Å². The van der Waals surface area contributed by atoms with Crippen LogP contribution in [0.2, 0.25) is 0 Å². The van der Waals surface area contributed by atoms with Crippen molar-refractivity contribution in [2.45, 2.75) is 6.42 Å². The number of carboxylic acid groups (broad SMARTS) is 1. The number of fused-ring (bicyclic) bond motifs is 1. The molecule has 0 saturated carbocycles. The summed E-state index contributed by atoms with van der Waals surface area (Å²) >= 11 is 0. The first-order valence-electron chi connectivity index (χ1n) is 4.39. The quantitative estimate of drug-likeness (QED) is 0.788. The number of allylic oxidation sites excluding steroid dienone is 1. The van der Waals surface area contributed by atoms with Crippen molar-refractivity contribution in [2.75, 3.05) is 6.61 Å². The molecule has 3 heteroatoms. The van der Waals surface area contributed by atoms with E-state index in [1.165, 1.54) is 5.56 Å². The zero-order valence-corrected chi connectivity index (χ0v) is 7.56. The molecule has 0 fully saturated rings. The minimum absolute atomic E-state index is 0.264.